The molecule has 1 aromatic heterocycles. The Morgan fingerprint density at radius 2 is 1.61 bits per heavy atom. The maximum atomic E-state index is 12.7. The number of carbonyl (C=O) groups excluding carboxylic acids is 2. The predicted octanol–water partition coefficient (Wildman–Crippen LogP) is 2.00. The first-order valence-electron chi connectivity index (χ1n) is 8.30. The maximum Gasteiger partial charge on any atom is 0.357 e. The number of urea groups is 1. The lowest BCUT2D eigenvalue weighted by Crippen LogP contribution is -2.42. The van der Waals surface area contributed by atoms with Gasteiger partial charge in [0, 0.05) is 11.1 Å². The third kappa shape index (κ3) is 3.73. The largest absolute Gasteiger partial charge is 0.476 e. The van der Waals surface area contributed by atoms with E-state index in [4.69, 9.17) is 0 Å². The molecule has 142 valence electrons. The smallest absolute Gasteiger partial charge is 0.357 e. The van der Waals surface area contributed by atoms with Crippen LogP contribution in [0.5, 0.6) is 0 Å². The Morgan fingerprint density at radius 1 is 1.00 bits per heavy atom. The number of hydrogen-bond donors (Lipinski definition) is 3. The number of anilines is 1. The molecule has 0 fully saturated rings. The molecular formula is C19H16N4O5. The Balaban J connectivity index is 1.88. The Bertz CT molecular complexity index is 1120. The van der Waals surface area contributed by atoms with E-state index < -0.39 is 29.5 Å². The summed E-state index contributed by atoms with van der Waals surface area (Å²) >= 11 is 0. The first kappa shape index (κ1) is 18.8. The van der Waals surface area contributed by atoms with Crippen molar-refractivity contribution in [1.29, 1.82) is 0 Å². The third-order valence-corrected chi connectivity index (χ3v) is 4.05. The molecule has 3 rings (SSSR count). The molecule has 1 unspecified atom stereocenters. The van der Waals surface area contributed by atoms with Gasteiger partial charge in [-0.25, -0.2) is 14.3 Å². The van der Waals surface area contributed by atoms with Crippen LogP contribution in [0.15, 0.2) is 59.4 Å². The Morgan fingerprint density at radius 3 is 2.25 bits per heavy atom. The van der Waals surface area contributed by atoms with E-state index in [1.165, 1.54) is 19.1 Å². The van der Waals surface area contributed by atoms with Crippen molar-refractivity contribution in [1.82, 2.24) is 15.1 Å². The van der Waals surface area contributed by atoms with Gasteiger partial charge in [0.1, 0.15) is 6.04 Å². The second-order valence-corrected chi connectivity index (χ2v) is 5.93. The highest BCUT2D eigenvalue weighted by Crippen LogP contribution is 2.15. The Hall–Kier alpha value is -4.01. The zero-order chi connectivity index (χ0) is 20.3. The number of amides is 3. The van der Waals surface area contributed by atoms with Crippen LogP contribution in [0, 0.1) is 0 Å². The number of nitrogens with zero attached hydrogens (tertiary/aromatic N) is 2. The van der Waals surface area contributed by atoms with Gasteiger partial charge in [-0.3, -0.25) is 14.9 Å². The van der Waals surface area contributed by atoms with E-state index in [0.29, 0.717) is 5.69 Å². The molecule has 0 aliphatic rings. The minimum Gasteiger partial charge on any atom is -0.476 e. The van der Waals surface area contributed by atoms with Gasteiger partial charge < -0.3 is 10.4 Å². The molecule has 0 saturated carbocycles. The maximum absolute atomic E-state index is 12.7. The minimum atomic E-state index is -1.33. The molecule has 0 aliphatic carbocycles. The van der Waals surface area contributed by atoms with E-state index in [1.54, 1.807) is 42.5 Å². The lowest BCUT2D eigenvalue weighted by Gasteiger charge is -2.15. The van der Waals surface area contributed by atoms with Crippen LogP contribution in [0.4, 0.5) is 10.5 Å². The second kappa shape index (κ2) is 7.70. The number of carboxylic acids is 1. The summed E-state index contributed by atoms with van der Waals surface area (Å²) in [5.74, 6) is -2.14. The summed E-state index contributed by atoms with van der Waals surface area (Å²) in [5, 5.41) is 18.1. The van der Waals surface area contributed by atoms with Crippen LogP contribution >= 0.6 is 0 Å². The number of carbonyl (C=O) groups is 3. The van der Waals surface area contributed by atoms with E-state index in [9.17, 15) is 24.3 Å². The number of carboxylic acid groups (broad SMARTS) is 1. The summed E-state index contributed by atoms with van der Waals surface area (Å²) in [6.45, 7) is 1.35. The average molecular weight is 380 g/mol. The summed E-state index contributed by atoms with van der Waals surface area (Å²) < 4.78 is 0.761. The fourth-order valence-corrected chi connectivity index (χ4v) is 2.64. The molecule has 0 radical (unpaired) electrons. The summed E-state index contributed by atoms with van der Waals surface area (Å²) in [6.07, 6.45) is 0. The van der Waals surface area contributed by atoms with Gasteiger partial charge in [0.15, 0.2) is 5.69 Å². The fourth-order valence-electron chi connectivity index (χ4n) is 2.64. The van der Waals surface area contributed by atoms with Crippen LogP contribution in [-0.4, -0.2) is 32.8 Å². The van der Waals surface area contributed by atoms with Crippen LogP contribution in [0.25, 0.3) is 10.8 Å². The molecule has 0 saturated heterocycles. The van der Waals surface area contributed by atoms with Crippen molar-refractivity contribution < 1.29 is 19.5 Å². The van der Waals surface area contributed by atoms with E-state index in [2.05, 4.69) is 15.7 Å². The molecule has 0 aliphatic heterocycles. The first-order valence-corrected chi connectivity index (χ1v) is 8.30. The number of aromatic carboxylic acids is 1. The van der Waals surface area contributed by atoms with E-state index in [-0.39, 0.29) is 16.5 Å². The zero-order valence-corrected chi connectivity index (χ0v) is 14.7. The van der Waals surface area contributed by atoms with Gasteiger partial charge >= 0.3 is 12.0 Å². The lowest BCUT2D eigenvalue weighted by molar-refractivity contribution is -0.123. The van der Waals surface area contributed by atoms with Crippen LogP contribution < -0.4 is 16.2 Å². The van der Waals surface area contributed by atoms with E-state index in [0.717, 1.165) is 4.68 Å². The van der Waals surface area contributed by atoms with Crippen molar-refractivity contribution in [3.63, 3.8) is 0 Å². The van der Waals surface area contributed by atoms with Gasteiger partial charge in [0.25, 0.3) is 11.5 Å². The molecule has 2 aromatic carbocycles. The molecule has 1 heterocycles. The number of fused-ring (bicyclic) bond motifs is 1. The number of benzene rings is 2. The van der Waals surface area contributed by atoms with Crippen LogP contribution in [0.1, 0.15) is 23.5 Å². The number of aromatic nitrogens is 2. The highest BCUT2D eigenvalue weighted by atomic mass is 16.4. The van der Waals surface area contributed by atoms with Gasteiger partial charge in [-0.05, 0) is 25.1 Å². The molecule has 1 atom stereocenters. The minimum absolute atomic E-state index is 0.114. The quantitative estimate of drug-likeness (QED) is 0.635. The van der Waals surface area contributed by atoms with Gasteiger partial charge in [-0.15, -0.1) is 0 Å². The molecule has 28 heavy (non-hydrogen) atoms. The normalized spacial score (nSPS) is 11.6. The molecule has 0 spiro atoms. The van der Waals surface area contributed by atoms with Gasteiger partial charge in [0.05, 0.1) is 5.39 Å². The number of hydrogen-bond acceptors (Lipinski definition) is 5. The van der Waals surface area contributed by atoms with Crippen molar-refractivity contribution in [3.05, 3.63) is 70.6 Å². The van der Waals surface area contributed by atoms with Crippen molar-refractivity contribution in [3.8, 4) is 0 Å². The number of imide groups is 1. The van der Waals surface area contributed by atoms with Gasteiger partial charge in [0.2, 0.25) is 0 Å². The van der Waals surface area contributed by atoms with Crippen LogP contribution in [0.2, 0.25) is 0 Å². The summed E-state index contributed by atoms with van der Waals surface area (Å²) in [4.78, 5) is 48.5. The van der Waals surface area contributed by atoms with Crippen molar-refractivity contribution in [2.45, 2.75) is 13.0 Å². The highest BCUT2D eigenvalue weighted by molar-refractivity contribution is 6.03. The summed E-state index contributed by atoms with van der Waals surface area (Å²) in [6, 6.07) is 12.6. The predicted molar refractivity (Wildman–Crippen MR) is 101 cm³/mol. The second-order valence-electron chi connectivity index (χ2n) is 5.93. The number of para-hydroxylation sites is 1. The fraction of sp³-hybridized carbons (Fsp3) is 0.105. The molecule has 9 heteroatoms. The molecule has 9 nitrogen and oxygen atoms in total. The highest BCUT2D eigenvalue weighted by Gasteiger charge is 2.23. The lowest BCUT2D eigenvalue weighted by atomic mass is 10.1. The molecule has 0 bridgehead atoms. The summed E-state index contributed by atoms with van der Waals surface area (Å²) in [7, 11) is 0. The van der Waals surface area contributed by atoms with Crippen molar-refractivity contribution in [2.24, 2.45) is 0 Å². The van der Waals surface area contributed by atoms with Crippen LogP contribution in [0.3, 0.4) is 0 Å². The Labute approximate surface area is 158 Å². The van der Waals surface area contributed by atoms with E-state index in [1.807, 2.05) is 0 Å². The molecular weight excluding hydrogens is 364 g/mol. The van der Waals surface area contributed by atoms with Crippen molar-refractivity contribution >= 4 is 34.4 Å². The summed E-state index contributed by atoms with van der Waals surface area (Å²) in [5.41, 5.74) is -0.509. The first-order chi connectivity index (χ1) is 13.4. The molecule has 3 N–H and O–H groups in total. The average Bonchev–Trinajstić information content (AvgIpc) is 2.68. The standard InChI is InChI=1S/C19H16N4O5/c1-11(16(24)21-19(28)20-12-7-3-2-4-8-12)23-17(25)14-10-6-5-9-13(14)15(22-23)18(26)27/h2-11H,1H3,(H,26,27)(H2,20,21,24,28). The monoisotopic (exact) mass is 380 g/mol. The SMILES string of the molecule is CC(C(=O)NC(=O)Nc1ccccc1)n1nc(C(=O)O)c2ccccc2c1=O. The number of rotatable bonds is 4. The zero-order valence-electron chi connectivity index (χ0n) is 14.7. The van der Waals surface area contributed by atoms with Gasteiger partial charge in [-0.2, -0.15) is 5.10 Å². The molecule has 3 amide bonds. The third-order valence-electron chi connectivity index (χ3n) is 4.05. The molecule has 3 aromatic rings. The Kier molecular flexibility index (Phi) is 5.16. The van der Waals surface area contributed by atoms with E-state index >= 15 is 0 Å². The van der Waals surface area contributed by atoms with Crippen LogP contribution in [-0.2, 0) is 4.79 Å². The van der Waals surface area contributed by atoms with Crippen molar-refractivity contribution in [2.75, 3.05) is 5.32 Å². The van der Waals surface area contributed by atoms with Gasteiger partial charge in [-0.1, -0.05) is 36.4 Å². The number of nitrogens with one attached hydrogen (secondary N) is 2. The topological polar surface area (TPSA) is 130 Å².